The fourth-order valence-corrected chi connectivity index (χ4v) is 1.80. The minimum atomic E-state index is 0.102. The molecule has 90 valence electrons. The van der Waals surface area contributed by atoms with E-state index < -0.39 is 0 Å². The molecule has 0 radical (unpaired) electrons. The third-order valence-corrected chi connectivity index (χ3v) is 2.63. The van der Waals surface area contributed by atoms with E-state index in [4.69, 9.17) is 9.84 Å². The molecule has 1 heterocycles. The van der Waals surface area contributed by atoms with Crippen LogP contribution in [0.15, 0.2) is 24.3 Å². The van der Waals surface area contributed by atoms with Crippen LogP contribution in [0.3, 0.4) is 0 Å². The number of ether oxygens (including phenoxy) is 1. The lowest BCUT2D eigenvalue weighted by atomic mass is 10.1. The number of aryl methyl sites for hydroxylation is 1. The van der Waals surface area contributed by atoms with Crippen LogP contribution in [0.5, 0.6) is 5.75 Å². The van der Waals surface area contributed by atoms with Gasteiger partial charge in [-0.1, -0.05) is 12.1 Å². The number of aliphatic hydroxyl groups is 1. The third-order valence-electron chi connectivity index (χ3n) is 2.63. The Hall–Kier alpha value is -1.81. The number of methoxy groups -OCH3 is 1. The summed E-state index contributed by atoms with van der Waals surface area (Å²) in [6, 6.07) is 7.79. The molecule has 4 nitrogen and oxygen atoms in total. The van der Waals surface area contributed by atoms with E-state index in [9.17, 15) is 0 Å². The Kier molecular flexibility index (Phi) is 3.44. The second-order valence-electron chi connectivity index (χ2n) is 3.86. The maximum absolute atomic E-state index is 8.89. The molecule has 0 unspecified atom stereocenters. The number of rotatable bonds is 4. The molecule has 0 atom stereocenters. The van der Waals surface area contributed by atoms with Gasteiger partial charge in [-0.15, -0.1) is 0 Å². The maximum Gasteiger partial charge on any atom is 0.119 e. The smallest absolute Gasteiger partial charge is 0.119 e. The van der Waals surface area contributed by atoms with Gasteiger partial charge >= 0.3 is 0 Å². The van der Waals surface area contributed by atoms with Crippen LogP contribution in [0.25, 0.3) is 11.3 Å². The number of nitrogens with one attached hydrogen (secondary N) is 1. The highest BCUT2D eigenvalue weighted by atomic mass is 16.5. The van der Waals surface area contributed by atoms with Gasteiger partial charge in [0.25, 0.3) is 0 Å². The van der Waals surface area contributed by atoms with Crippen LogP contribution in [0.4, 0.5) is 0 Å². The quantitative estimate of drug-likeness (QED) is 0.846. The molecule has 0 aliphatic rings. The molecule has 17 heavy (non-hydrogen) atoms. The van der Waals surface area contributed by atoms with Crippen molar-refractivity contribution in [2.45, 2.75) is 13.3 Å². The highest BCUT2D eigenvalue weighted by Crippen LogP contribution is 2.24. The zero-order valence-corrected chi connectivity index (χ0v) is 10.0. The van der Waals surface area contributed by atoms with Crippen LogP contribution in [0.1, 0.15) is 11.5 Å². The normalized spacial score (nSPS) is 10.5. The van der Waals surface area contributed by atoms with Gasteiger partial charge in [0.1, 0.15) is 11.6 Å². The summed E-state index contributed by atoms with van der Waals surface area (Å²) in [6.07, 6.45) is 0.546. The van der Waals surface area contributed by atoms with Crippen molar-refractivity contribution in [2.24, 2.45) is 0 Å². The molecule has 0 spiro atoms. The number of hydrogen-bond donors (Lipinski definition) is 2. The zero-order chi connectivity index (χ0) is 12.3. The van der Waals surface area contributed by atoms with E-state index in [1.165, 1.54) is 0 Å². The third kappa shape index (κ3) is 2.47. The van der Waals surface area contributed by atoms with Gasteiger partial charge in [0.05, 0.1) is 19.4 Å². The number of aliphatic hydroxyl groups excluding tert-OH is 1. The van der Waals surface area contributed by atoms with Crippen LogP contribution < -0.4 is 4.74 Å². The lowest BCUT2D eigenvalue weighted by molar-refractivity contribution is 0.297. The number of benzene rings is 1. The fraction of sp³-hybridized carbons (Fsp3) is 0.308. The first-order chi connectivity index (χ1) is 8.24. The number of imidazole rings is 1. The molecule has 0 amide bonds. The highest BCUT2D eigenvalue weighted by Gasteiger charge is 2.09. The van der Waals surface area contributed by atoms with Crippen molar-refractivity contribution in [3.8, 4) is 17.0 Å². The lowest BCUT2D eigenvalue weighted by Gasteiger charge is -2.02. The maximum atomic E-state index is 8.89. The summed E-state index contributed by atoms with van der Waals surface area (Å²) in [6.45, 7) is 2.08. The van der Waals surface area contributed by atoms with Crippen LogP contribution >= 0.6 is 0 Å². The molecule has 1 aromatic heterocycles. The van der Waals surface area contributed by atoms with E-state index in [1.54, 1.807) is 7.11 Å². The number of aromatic nitrogens is 2. The van der Waals surface area contributed by atoms with Crippen molar-refractivity contribution in [1.29, 1.82) is 0 Å². The Morgan fingerprint density at radius 2 is 2.24 bits per heavy atom. The molecular weight excluding hydrogens is 216 g/mol. The number of aromatic amines is 1. The predicted octanol–water partition coefficient (Wildman–Crippen LogP) is 1.93. The average Bonchev–Trinajstić information content (AvgIpc) is 2.71. The zero-order valence-electron chi connectivity index (χ0n) is 10.0. The number of H-pyrrole nitrogens is 1. The van der Waals surface area contributed by atoms with Gasteiger partial charge in [-0.25, -0.2) is 4.98 Å². The summed E-state index contributed by atoms with van der Waals surface area (Å²) >= 11 is 0. The Labute approximate surface area is 100 Å². The largest absolute Gasteiger partial charge is 0.497 e. The highest BCUT2D eigenvalue weighted by molar-refractivity contribution is 5.63. The first-order valence-electron chi connectivity index (χ1n) is 5.55. The van der Waals surface area contributed by atoms with E-state index in [0.29, 0.717) is 6.42 Å². The van der Waals surface area contributed by atoms with Crippen molar-refractivity contribution < 1.29 is 9.84 Å². The van der Waals surface area contributed by atoms with Crippen LogP contribution in [-0.4, -0.2) is 28.8 Å². The molecule has 2 aromatic rings. The van der Waals surface area contributed by atoms with Crippen molar-refractivity contribution >= 4 is 0 Å². The van der Waals surface area contributed by atoms with Crippen molar-refractivity contribution in [3.63, 3.8) is 0 Å². The van der Waals surface area contributed by atoms with Crippen LogP contribution in [-0.2, 0) is 6.42 Å². The molecule has 0 fully saturated rings. The molecule has 2 N–H and O–H groups in total. The van der Waals surface area contributed by atoms with Gasteiger partial charge in [-0.05, 0) is 19.1 Å². The molecule has 0 saturated heterocycles. The summed E-state index contributed by atoms with van der Waals surface area (Å²) in [5.74, 6) is 1.62. The van der Waals surface area contributed by atoms with Gasteiger partial charge < -0.3 is 14.8 Å². The molecule has 1 aromatic carbocycles. The second kappa shape index (κ2) is 5.01. The number of hydrogen-bond acceptors (Lipinski definition) is 3. The van der Waals surface area contributed by atoms with Gasteiger partial charge in [0.2, 0.25) is 0 Å². The van der Waals surface area contributed by atoms with E-state index >= 15 is 0 Å². The molecular formula is C13H16N2O2. The van der Waals surface area contributed by atoms with Gasteiger partial charge in [0.15, 0.2) is 0 Å². The summed E-state index contributed by atoms with van der Waals surface area (Å²) in [5.41, 5.74) is 2.93. The van der Waals surface area contributed by atoms with E-state index in [1.807, 2.05) is 31.2 Å². The summed E-state index contributed by atoms with van der Waals surface area (Å²) in [4.78, 5) is 7.64. The fourth-order valence-electron chi connectivity index (χ4n) is 1.80. The Morgan fingerprint density at radius 1 is 1.41 bits per heavy atom. The summed E-state index contributed by atoms with van der Waals surface area (Å²) < 4.78 is 5.19. The standard InChI is InChI=1S/C13H16N2O2/c1-9-13(15-12(14-9)6-7-16)10-4-3-5-11(8-10)17-2/h3-5,8,16H,6-7H2,1-2H3,(H,14,15). The van der Waals surface area contributed by atoms with Crippen LogP contribution in [0.2, 0.25) is 0 Å². The van der Waals surface area contributed by atoms with E-state index in [-0.39, 0.29) is 6.61 Å². The first-order valence-corrected chi connectivity index (χ1v) is 5.55. The van der Waals surface area contributed by atoms with Gasteiger partial charge in [-0.3, -0.25) is 0 Å². The Bertz CT molecular complexity index is 506. The van der Waals surface area contributed by atoms with Crippen molar-refractivity contribution in [2.75, 3.05) is 13.7 Å². The average molecular weight is 232 g/mol. The molecule has 0 bridgehead atoms. The van der Waals surface area contributed by atoms with Crippen molar-refractivity contribution in [3.05, 3.63) is 35.8 Å². The minimum absolute atomic E-state index is 0.102. The van der Waals surface area contributed by atoms with E-state index in [2.05, 4.69) is 9.97 Å². The van der Waals surface area contributed by atoms with Crippen molar-refractivity contribution in [1.82, 2.24) is 9.97 Å². The van der Waals surface area contributed by atoms with E-state index in [0.717, 1.165) is 28.5 Å². The van der Waals surface area contributed by atoms with Gasteiger partial charge in [-0.2, -0.15) is 0 Å². The lowest BCUT2D eigenvalue weighted by Crippen LogP contribution is -1.92. The Morgan fingerprint density at radius 3 is 2.94 bits per heavy atom. The Balaban J connectivity index is 2.37. The summed E-state index contributed by atoms with van der Waals surface area (Å²) in [5, 5.41) is 8.89. The summed E-state index contributed by atoms with van der Waals surface area (Å²) in [7, 11) is 1.65. The molecule has 0 aliphatic carbocycles. The predicted molar refractivity (Wildman–Crippen MR) is 66.1 cm³/mol. The monoisotopic (exact) mass is 232 g/mol. The topological polar surface area (TPSA) is 58.1 Å². The second-order valence-corrected chi connectivity index (χ2v) is 3.86. The SMILES string of the molecule is COc1cccc(-c2nc(CCO)[nH]c2C)c1. The van der Waals surface area contributed by atoms with Gasteiger partial charge in [0, 0.05) is 17.7 Å². The molecule has 2 rings (SSSR count). The number of nitrogens with zero attached hydrogens (tertiary/aromatic N) is 1. The molecule has 4 heteroatoms. The molecule has 0 saturated carbocycles. The minimum Gasteiger partial charge on any atom is -0.497 e. The first kappa shape index (κ1) is 11.7. The van der Waals surface area contributed by atoms with Crippen LogP contribution in [0, 0.1) is 6.92 Å². The molecule has 0 aliphatic heterocycles.